The molecule has 0 spiro atoms. The van der Waals surface area contributed by atoms with Crippen molar-refractivity contribution >= 4 is 23.2 Å². The Morgan fingerprint density at radius 2 is 1.89 bits per heavy atom. The van der Waals surface area contributed by atoms with Crippen molar-refractivity contribution in [1.82, 2.24) is 10.2 Å². The van der Waals surface area contributed by atoms with Gasteiger partial charge in [0.1, 0.15) is 5.69 Å². The summed E-state index contributed by atoms with van der Waals surface area (Å²) in [4.78, 5) is 13.1. The van der Waals surface area contributed by atoms with Gasteiger partial charge in [0.15, 0.2) is 0 Å². The van der Waals surface area contributed by atoms with E-state index in [4.69, 9.17) is 11.6 Å². The maximum atomic E-state index is 13.1. The van der Waals surface area contributed by atoms with Gasteiger partial charge in [-0.15, -0.1) is 0 Å². The highest BCUT2D eigenvalue weighted by molar-refractivity contribution is 6.30. The number of nitrogens with one attached hydrogen (secondary N) is 2. The molecular weight excluding hydrogens is 358 g/mol. The Bertz CT molecular complexity index is 930. The van der Waals surface area contributed by atoms with E-state index >= 15 is 0 Å². The molecule has 4 nitrogen and oxygen atoms in total. The normalized spacial score (nSPS) is 14.7. The van der Waals surface area contributed by atoms with Crippen molar-refractivity contribution in [2.24, 2.45) is 0 Å². The van der Waals surface area contributed by atoms with Gasteiger partial charge in [0.25, 0.3) is 0 Å². The molecule has 1 saturated carbocycles. The predicted molar refractivity (Wildman–Crippen MR) is 109 cm³/mol. The molecule has 1 aliphatic rings. The Morgan fingerprint density at radius 1 is 1.19 bits per heavy atom. The molecule has 0 bridgehead atoms. The van der Waals surface area contributed by atoms with Crippen LogP contribution in [0.2, 0.25) is 5.02 Å². The molecule has 1 fully saturated rings. The Balaban J connectivity index is 1.67. The standard InChI is InChI=1S/C22H22ClN3O/c1-2-18(14-6-4-3-5-7-14)22(27)24-21-19(15-8-9-15)25-26-20(21)16-10-12-17(23)13-11-16/h3-7,10-13,15,18H,2,8-9H2,1H3,(H,24,27)(H,25,26)/t18-/m1/s1. The fourth-order valence-corrected chi connectivity index (χ4v) is 3.56. The van der Waals surface area contributed by atoms with E-state index in [0.29, 0.717) is 10.9 Å². The third-order valence-corrected chi connectivity index (χ3v) is 5.32. The van der Waals surface area contributed by atoms with Crippen LogP contribution in [0.15, 0.2) is 54.6 Å². The second-order valence-electron chi connectivity index (χ2n) is 7.00. The molecule has 2 aromatic carbocycles. The summed E-state index contributed by atoms with van der Waals surface area (Å²) in [7, 11) is 0. The second-order valence-corrected chi connectivity index (χ2v) is 7.44. The van der Waals surface area contributed by atoms with Crippen molar-refractivity contribution in [3.63, 3.8) is 0 Å². The third-order valence-electron chi connectivity index (χ3n) is 5.07. The first-order valence-electron chi connectivity index (χ1n) is 9.37. The lowest BCUT2D eigenvalue weighted by molar-refractivity contribution is -0.117. The van der Waals surface area contributed by atoms with Crippen LogP contribution in [0.1, 0.15) is 49.3 Å². The topological polar surface area (TPSA) is 57.8 Å². The number of halogens is 1. The van der Waals surface area contributed by atoms with Gasteiger partial charge in [0.2, 0.25) is 5.91 Å². The van der Waals surface area contributed by atoms with Gasteiger partial charge in [0, 0.05) is 16.5 Å². The average Bonchev–Trinajstić information content (AvgIpc) is 3.45. The molecule has 1 atom stereocenters. The van der Waals surface area contributed by atoms with Gasteiger partial charge in [-0.05, 0) is 37.0 Å². The molecule has 1 aliphatic carbocycles. The van der Waals surface area contributed by atoms with Crippen LogP contribution in [0.4, 0.5) is 5.69 Å². The quantitative estimate of drug-likeness (QED) is 0.573. The summed E-state index contributed by atoms with van der Waals surface area (Å²) in [6, 6.07) is 17.5. The third kappa shape index (κ3) is 3.76. The highest BCUT2D eigenvalue weighted by Gasteiger charge is 2.32. The number of hydrogen-bond acceptors (Lipinski definition) is 2. The summed E-state index contributed by atoms with van der Waals surface area (Å²) < 4.78 is 0. The number of aromatic nitrogens is 2. The van der Waals surface area contributed by atoms with Gasteiger partial charge in [-0.2, -0.15) is 5.10 Å². The first-order chi connectivity index (χ1) is 13.2. The minimum absolute atomic E-state index is 0.00205. The van der Waals surface area contributed by atoms with Gasteiger partial charge < -0.3 is 5.32 Å². The fraction of sp³-hybridized carbons (Fsp3) is 0.273. The number of benzene rings is 2. The smallest absolute Gasteiger partial charge is 0.232 e. The molecule has 1 aromatic heterocycles. The van der Waals surface area contributed by atoms with Crippen LogP contribution in [0.25, 0.3) is 11.3 Å². The molecule has 0 unspecified atom stereocenters. The molecule has 0 saturated heterocycles. The summed E-state index contributed by atoms with van der Waals surface area (Å²) in [5.41, 5.74) is 4.56. The van der Waals surface area contributed by atoms with E-state index in [1.54, 1.807) is 0 Å². The molecule has 3 aromatic rings. The molecule has 0 radical (unpaired) electrons. The zero-order valence-corrected chi connectivity index (χ0v) is 16.0. The van der Waals surface area contributed by atoms with Crippen LogP contribution < -0.4 is 5.32 Å². The van der Waals surface area contributed by atoms with Crippen molar-refractivity contribution in [2.75, 3.05) is 5.32 Å². The summed E-state index contributed by atoms with van der Waals surface area (Å²) in [6.07, 6.45) is 2.99. The van der Waals surface area contributed by atoms with E-state index in [1.165, 1.54) is 0 Å². The van der Waals surface area contributed by atoms with E-state index in [0.717, 1.165) is 47.5 Å². The molecule has 5 heteroatoms. The van der Waals surface area contributed by atoms with Crippen LogP contribution in [0.3, 0.4) is 0 Å². The largest absolute Gasteiger partial charge is 0.322 e. The minimum Gasteiger partial charge on any atom is -0.322 e. The molecule has 1 amide bonds. The molecule has 4 rings (SSSR count). The zero-order valence-electron chi connectivity index (χ0n) is 15.2. The van der Waals surface area contributed by atoms with E-state index in [2.05, 4.69) is 15.5 Å². The summed E-state index contributed by atoms with van der Waals surface area (Å²) in [5.74, 6) is 0.263. The number of anilines is 1. The first-order valence-corrected chi connectivity index (χ1v) is 9.75. The number of nitrogens with zero attached hydrogens (tertiary/aromatic N) is 1. The highest BCUT2D eigenvalue weighted by Crippen LogP contribution is 2.45. The van der Waals surface area contributed by atoms with Crippen LogP contribution in [-0.4, -0.2) is 16.1 Å². The molecule has 27 heavy (non-hydrogen) atoms. The van der Waals surface area contributed by atoms with E-state index in [9.17, 15) is 4.79 Å². The van der Waals surface area contributed by atoms with Gasteiger partial charge in [-0.1, -0.05) is 61.0 Å². The van der Waals surface area contributed by atoms with Gasteiger partial charge in [-0.25, -0.2) is 0 Å². The van der Waals surface area contributed by atoms with Crippen LogP contribution in [0, 0.1) is 0 Å². The molecule has 2 N–H and O–H groups in total. The van der Waals surface area contributed by atoms with Gasteiger partial charge in [-0.3, -0.25) is 9.89 Å². The fourth-order valence-electron chi connectivity index (χ4n) is 3.43. The number of carbonyl (C=O) groups is 1. The van der Waals surface area contributed by atoms with E-state index in [1.807, 2.05) is 61.5 Å². The van der Waals surface area contributed by atoms with Crippen LogP contribution >= 0.6 is 11.6 Å². The molecule has 1 heterocycles. The highest BCUT2D eigenvalue weighted by atomic mass is 35.5. The average molecular weight is 380 g/mol. The van der Waals surface area contributed by atoms with Crippen LogP contribution in [-0.2, 0) is 4.79 Å². The Kier molecular flexibility index (Phi) is 4.99. The minimum atomic E-state index is -0.189. The van der Waals surface area contributed by atoms with Crippen molar-refractivity contribution in [3.8, 4) is 11.3 Å². The zero-order chi connectivity index (χ0) is 18.8. The van der Waals surface area contributed by atoms with Crippen molar-refractivity contribution in [3.05, 3.63) is 70.9 Å². The summed E-state index contributed by atoms with van der Waals surface area (Å²) in [6.45, 7) is 2.04. The van der Waals surface area contributed by atoms with Gasteiger partial charge >= 0.3 is 0 Å². The maximum absolute atomic E-state index is 13.1. The van der Waals surface area contributed by atoms with E-state index in [-0.39, 0.29) is 11.8 Å². The van der Waals surface area contributed by atoms with Crippen molar-refractivity contribution < 1.29 is 4.79 Å². The summed E-state index contributed by atoms with van der Waals surface area (Å²) in [5, 5.41) is 11.5. The lowest BCUT2D eigenvalue weighted by atomic mass is 9.95. The number of aromatic amines is 1. The van der Waals surface area contributed by atoms with Crippen molar-refractivity contribution in [1.29, 1.82) is 0 Å². The molecule has 138 valence electrons. The lowest BCUT2D eigenvalue weighted by Crippen LogP contribution is -2.21. The molecular formula is C22H22ClN3O. The number of hydrogen-bond donors (Lipinski definition) is 2. The maximum Gasteiger partial charge on any atom is 0.232 e. The van der Waals surface area contributed by atoms with Crippen LogP contribution in [0.5, 0.6) is 0 Å². The molecule has 0 aliphatic heterocycles. The monoisotopic (exact) mass is 379 g/mol. The van der Waals surface area contributed by atoms with Crippen molar-refractivity contribution in [2.45, 2.75) is 38.0 Å². The SMILES string of the molecule is CC[C@@H](C(=O)Nc1c(-c2ccc(Cl)cc2)n[nH]c1C1CC1)c1ccccc1. The Morgan fingerprint density at radius 3 is 2.52 bits per heavy atom. The van der Waals surface area contributed by atoms with Gasteiger partial charge in [0.05, 0.1) is 17.3 Å². The van der Waals surface area contributed by atoms with E-state index < -0.39 is 0 Å². The Hall–Kier alpha value is -2.59. The number of H-pyrrole nitrogens is 1. The number of carbonyl (C=O) groups excluding carboxylic acids is 1. The lowest BCUT2D eigenvalue weighted by Gasteiger charge is -2.16. The first kappa shape index (κ1) is 17.8. The number of amides is 1. The second kappa shape index (κ2) is 7.57. The number of rotatable bonds is 6. The summed E-state index contributed by atoms with van der Waals surface area (Å²) >= 11 is 6.02. The Labute approximate surface area is 164 Å². The predicted octanol–water partition coefficient (Wildman–Crippen LogP) is 5.74.